The van der Waals surface area contributed by atoms with Crippen LogP contribution in [0.15, 0.2) is 58.1 Å². The van der Waals surface area contributed by atoms with E-state index in [0.717, 1.165) is 4.68 Å². The summed E-state index contributed by atoms with van der Waals surface area (Å²) in [6.45, 7) is 3.84. The Labute approximate surface area is 170 Å². The second-order valence-corrected chi connectivity index (χ2v) is 7.25. The Morgan fingerprint density at radius 2 is 1.57 bits per heavy atom. The molecule has 0 spiro atoms. The predicted octanol–water partition coefficient (Wildman–Crippen LogP) is 1.97. The van der Waals surface area contributed by atoms with Gasteiger partial charge in [-0.3, -0.25) is 9.59 Å². The van der Waals surface area contributed by atoms with Gasteiger partial charge in [0.15, 0.2) is 12.4 Å². The van der Waals surface area contributed by atoms with Crippen molar-refractivity contribution in [1.29, 1.82) is 0 Å². The fraction of sp³-hybridized carbons (Fsp3) is 0.238. The Hall–Kier alpha value is -3.88. The molecule has 0 unspecified atom stereocenters. The smallest absolute Gasteiger partial charge is 0.361 e. The van der Waals surface area contributed by atoms with Gasteiger partial charge < -0.3 is 4.74 Å². The molecule has 0 amide bonds. The number of benzene rings is 2. The highest BCUT2D eigenvalue weighted by molar-refractivity contribution is 6.02. The van der Waals surface area contributed by atoms with E-state index in [1.165, 1.54) is 4.68 Å². The standard InChI is InChI=1S/C21H19N5O4/c1-13(2)11-25-19(27)15-8-4-3-7-14(15)18(23-25)21(29)30-12-26-20(28)16-9-5-6-10-17(16)22-24-26/h3-10,13H,11-12H2,1-2H3. The van der Waals surface area contributed by atoms with Crippen LogP contribution in [0.2, 0.25) is 0 Å². The van der Waals surface area contributed by atoms with Crippen molar-refractivity contribution in [3.63, 3.8) is 0 Å². The largest absolute Gasteiger partial charge is 0.437 e. The van der Waals surface area contributed by atoms with Crippen molar-refractivity contribution in [2.24, 2.45) is 5.92 Å². The van der Waals surface area contributed by atoms with Crippen LogP contribution in [0.3, 0.4) is 0 Å². The van der Waals surface area contributed by atoms with Gasteiger partial charge in [-0.15, -0.1) is 5.10 Å². The van der Waals surface area contributed by atoms with Crippen molar-refractivity contribution in [3.8, 4) is 0 Å². The third kappa shape index (κ3) is 3.57. The summed E-state index contributed by atoms with van der Waals surface area (Å²) in [4.78, 5) is 38.0. The molecule has 2 aromatic heterocycles. The predicted molar refractivity (Wildman–Crippen MR) is 110 cm³/mol. The average molecular weight is 405 g/mol. The number of rotatable bonds is 5. The van der Waals surface area contributed by atoms with Gasteiger partial charge >= 0.3 is 5.97 Å². The second kappa shape index (κ2) is 7.86. The SMILES string of the molecule is CC(C)Cn1nc(C(=O)OCn2nnc3ccccc3c2=O)c2ccccc2c1=O. The number of hydrogen-bond acceptors (Lipinski definition) is 7. The van der Waals surface area contributed by atoms with Crippen LogP contribution in [-0.2, 0) is 18.0 Å². The summed E-state index contributed by atoms with van der Waals surface area (Å²) in [6, 6.07) is 13.5. The molecule has 0 aliphatic heterocycles. The van der Waals surface area contributed by atoms with Crippen LogP contribution >= 0.6 is 0 Å². The molecule has 0 N–H and O–H groups in total. The highest BCUT2D eigenvalue weighted by Gasteiger charge is 2.19. The highest BCUT2D eigenvalue weighted by Crippen LogP contribution is 2.15. The summed E-state index contributed by atoms with van der Waals surface area (Å²) in [7, 11) is 0. The van der Waals surface area contributed by atoms with Gasteiger partial charge in [-0.1, -0.05) is 49.4 Å². The van der Waals surface area contributed by atoms with Crippen LogP contribution in [0.1, 0.15) is 24.3 Å². The number of ether oxygens (including phenoxy) is 1. The minimum absolute atomic E-state index is 0.00708. The summed E-state index contributed by atoms with van der Waals surface area (Å²) in [5, 5.41) is 13.1. The lowest BCUT2D eigenvalue weighted by atomic mass is 10.1. The molecule has 0 saturated heterocycles. The van der Waals surface area contributed by atoms with E-state index in [1.54, 1.807) is 48.5 Å². The Morgan fingerprint density at radius 1 is 0.933 bits per heavy atom. The Kier molecular flexibility index (Phi) is 5.09. The van der Waals surface area contributed by atoms with Crippen molar-refractivity contribution in [2.75, 3.05) is 0 Å². The molecule has 9 nitrogen and oxygen atoms in total. The fourth-order valence-corrected chi connectivity index (χ4v) is 3.15. The van der Waals surface area contributed by atoms with E-state index < -0.39 is 18.3 Å². The topological polar surface area (TPSA) is 109 Å². The summed E-state index contributed by atoms with van der Waals surface area (Å²) < 4.78 is 7.53. The van der Waals surface area contributed by atoms with Gasteiger partial charge in [-0.2, -0.15) is 9.78 Å². The van der Waals surface area contributed by atoms with E-state index in [4.69, 9.17) is 4.74 Å². The molecule has 2 aromatic carbocycles. The van der Waals surface area contributed by atoms with Crippen molar-refractivity contribution >= 4 is 27.6 Å². The maximum Gasteiger partial charge on any atom is 0.361 e. The van der Waals surface area contributed by atoms with E-state index in [0.29, 0.717) is 28.2 Å². The van der Waals surface area contributed by atoms with Crippen LogP contribution in [0.25, 0.3) is 21.7 Å². The third-order valence-electron chi connectivity index (χ3n) is 4.55. The summed E-state index contributed by atoms with van der Waals surface area (Å²) >= 11 is 0. The molecule has 0 radical (unpaired) electrons. The molecule has 0 saturated carbocycles. The Balaban J connectivity index is 1.68. The lowest BCUT2D eigenvalue weighted by Crippen LogP contribution is -2.29. The quantitative estimate of drug-likeness (QED) is 0.467. The maximum absolute atomic E-state index is 12.8. The van der Waals surface area contributed by atoms with Crippen LogP contribution in [0.4, 0.5) is 0 Å². The lowest BCUT2D eigenvalue weighted by molar-refractivity contribution is 0.0328. The van der Waals surface area contributed by atoms with Crippen molar-refractivity contribution in [1.82, 2.24) is 24.8 Å². The van der Waals surface area contributed by atoms with Crippen molar-refractivity contribution in [2.45, 2.75) is 27.1 Å². The van der Waals surface area contributed by atoms with Crippen LogP contribution < -0.4 is 11.1 Å². The van der Waals surface area contributed by atoms with Gasteiger partial charge in [0.1, 0.15) is 5.52 Å². The minimum Gasteiger partial charge on any atom is -0.437 e. The molecule has 2 heterocycles. The molecule has 0 aliphatic rings. The zero-order valence-corrected chi connectivity index (χ0v) is 16.5. The number of hydrogen-bond donors (Lipinski definition) is 0. The molecule has 4 rings (SSSR count). The number of fused-ring (bicyclic) bond motifs is 2. The van der Waals surface area contributed by atoms with E-state index in [1.807, 2.05) is 13.8 Å². The zero-order valence-electron chi connectivity index (χ0n) is 16.5. The van der Waals surface area contributed by atoms with Gasteiger partial charge in [-0.25, -0.2) is 9.48 Å². The molecule has 0 atom stereocenters. The molecule has 4 aromatic rings. The summed E-state index contributed by atoms with van der Waals surface area (Å²) in [5.41, 5.74) is -0.227. The molecular weight excluding hydrogens is 386 g/mol. The van der Waals surface area contributed by atoms with E-state index in [-0.39, 0.29) is 17.2 Å². The number of nitrogens with zero attached hydrogens (tertiary/aromatic N) is 5. The molecular formula is C21H19N5O4. The number of carbonyl (C=O) groups excluding carboxylic acids is 1. The third-order valence-corrected chi connectivity index (χ3v) is 4.55. The monoisotopic (exact) mass is 405 g/mol. The van der Waals surface area contributed by atoms with Crippen molar-refractivity contribution in [3.05, 3.63) is 74.9 Å². The number of aromatic nitrogens is 5. The molecule has 152 valence electrons. The Morgan fingerprint density at radius 3 is 2.30 bits per heavy atom. The van der Waals surface area contributed by atoms with Crippen LogP contribution in [-0.4, -0.2) is 30.7 Å². The molecule has 30 heavy (non-hydrogen) atoms. The Bertz CT molecular complexity index is 1370. The molecule has 0 aliphatic carbocycles. The van der Waals surface area contributed by atoms with Gasteiger partial charge in [-0.05, 0) is 24.1 Å². The first-order valence-electron chi connectivity index (χ1n) is 9.45. The maximum atomic E-state index is 12.8. The first kappa shape index (κ1) is 19.4. The first-order valence-corrected chi connectivity index (χ1v) is 9.45. The van der Waals surface area contributed by atoms with E-state index >= 15 is 0 Å². The zero-order chi connectivity index (χ0) is 21.3. The average Bonchev–Trinajstić information content (AvgIpc) is 2.75. The van der Waals surface area contributed by atoms with E-state index in [2.05, 4.69) is 15.4 Å². The molecule has 0 fully saturated rings. The fourth-order valence-electron chi connectivity index (χ4n) is 3.15. The minimum atomic E-state index is -0.759. The second-order valence-electron chi connectivity index (χ2n) is 7.25. The normalized spacial score (nSPS) is 11.3. The van der Waals surface area contributed by atoms with Gasteiger partial charge in [0.25, 0.3) is 11.1 Å². The number of carbonyl (C=O) groups is 1. The van der Waals surface area contributed by atoms with Crippen LogP contribution in [0, 0.1) is 5.92 Å². The first-order chi connectivity index (χ1) is 14.5. The molecule has 9 heteroatoms. The van der Waals surface area contributed by atoms with Crippen molar-refractivity contribution < 1.29 is 9.53 Å². The summed E-state index contributed by atoms with van der Waals surface area (Å²) in [6.07, 6.45) is 0. The van der Waals surface area contributed by atoms with E-state index in [9.17, 15) is 14.4 Å². The van der Waals surface area contributed by atoms with Gasteiger partial charge in [0.05, 0.1) is 10.8 Å². The van der Waals surface area contributed by atoms with Crippen LogP contribution in [0.5, 0.6) is 0 Å². The highest BCUT2D eigenvalue weighted by atomic mass is 16.5. The number of esters is 1. The molecule has 0 bridgehead atoms. The van der Waals surface area contributed by atoms with Gasteiger partial charge in [0, 0.05) is 11.9 Å². The van der Waals surface area contributed by atoms with Gasteiger partial charge in [0.2, 0.25) is 0 Å². The summed E-state index contributed by atoms with van der Waals surface area (Å²) in [5.74, 6) is -0.600. The lowest BCUT2D eigenvalue weighted by Gasteiger charge is -2.12.